The zero-order valence-corrected chi connectivity index (χ0v) is 85.3. The summed E-state index contributed by atoms with van der Waals surface area (Å²) in [5.41, 5.74) is 26.3. The zero-order chi connectivity index (χ0) is 99.3. The van der Waals surface area contributed by atoms with Crippen molar-refractivity contribution < 1.29 is 26.9 Å². The molecule has 0 radical (unpaired) electrons. The Morgan fingerprint density at radius 1 is 0.230 bits per heavy atom. The molecule has 9 nitrogen and oxygen atoms in total. The molecule has 0 bridgehead atoms. The van der Waals surface area contributed by atoms with Gasteiger partial charge in [-0.25, -0.2) is 4.98 Å². The molecule has 24 aromatic rings. The molecule has 4 aromatic heterocycles. The summed E-state index contributed by atoms with van der Waals surface area (Å²) in [4.78, 5) is 11.4. The van der Waals surface area contributed by atoms with Crippen molar-refractivity contribution in [2.45, 2.75) is 66.4 Å². The lowest BCUT2D eigenvalue weighted by molar-refractivity contribution is 0.588. The molecule has 15 heteroatoms. The minimum Gasteiger partial charge on any atom is -0.456 e. The Kier molecular flexibility index (Phi) is 20.6. The first-order valence-corrected chi connectivity index (χ1v) is 57.0. The van der Waals surface area contributed by atoms with E-state index < -0.39 is 37.7 Å². The Morgan fingerprint density at radius 2 is 0.541 bits per heavy atom. The van der Waals surface area contributed by atoms with E-state index in [0.717, 1.165) is 217 Å². The van der Waals surface area contributed by atoms with E-state index in [1.165, 1.54) is 43.2 Å². The third-order valence-electron chi connectivity index (χ3n) is 31.0. The highest BCUT2D eigenvalue weighted by Crippen LogP contribution is 2.68. The largest absolute Gasteiger partial charge is 0.456 e. The van der Waals surface area contributed by atoms with Gasteiger partial charge in [-0.2, -0.15) is 10.5 Å². The first kappa shape index (κ1) is 89.3. The van der Waals surface area contributed by atoms with Gasteiger partial charge in [0.1, 0.15) is 45.3 Å². The molecular formula is C133H84N3O6P3S3. The van der Waals surface area contributed by atoms with Crippen LogP contribution in [0.5, 0.6) is 0 Å². The lowest BCUT2D eigenvalue weighted by Crippen LogP contribution is -2.48. The molecule has 700 valence electrons. The third-order valence-corrected chi connectivity index (χ3v) is 43.9. The van der Waals surface area contributed by atoms with Crippen LogP contribution in [0.1, 0.15) is 94.8 Å². The van der Waals surface area contributed by atoms with Crippen LogP contribution in [0, 0.1) is 43.4 Å². The van der Waals surface area contributed by atoms with Crippen molar-refractivity contribution in [1.82, 2.24) is 4.98 Å². The van der Waals surface area contributed by atoms with Gasteiger partial charge in [-0.05, 0) is 242 Å². The maximum Gasteiger partial charge on any atom is 0.171 e. The second-order valence-electron chi connectivity index (χ2n) is 39.0. The van der Waals surface area contributed by atoms with E-state index in [1.807, 2.05) is 208 Å². The van der Waals surface area contributed by atoms with Gasteiger partial charge in [-0.15, -0.1) is 0 Å². The Labute approximate surface area is 867 Å². The predicted molar refractivity (Wildman–Crippen MR) is 605 cm³/mol. The van der Waals surface area contributed by atoms with Gasteiger partial charge in [0, 0.05) is 115 Å². The fourth-order valence-electron chi connectivity index (χ4n) is 24.8. The van der Waals surface area contributed by atoms with Gasteiger partial charge < -0.3 is 26.9 Å². The van der Waals surface area contributed by atoms with Gasteiger partial charge in [-0.3, -0.25) is 0 Å². The SMILES string of the molecule is Cc1cc(-c2ccc3c(c2)Sc2ccccc2C32c3ccccc3P(=O)(c3ccccc3)c3cc4oc5ccccc5c4cc32)cc(C#N)n1.Cc1cc(C#N)cc(-c2ccc3c(c2)Sc2ccccc2C32c3ccccc3P(=O)(c3ccccc3)c3cc4oc5ccccc5c4cc32)c1.Cc1ccc(-c2ccc3c(c2)Sc2ccccc2C32c3ccccc3P(=O)(c3ccccc3)c3cc4oc5ccccc5c4cc32)cc1. The summed E-state index contributed by atoms with van der Waals surface area (Å²) in [7, 11) is -10.1. The fraction of sp³-hybridized carbons (Fsp3) is 0.0451. The lowest BCUT2D eigenvalue weighted by atomic mass is 9.64. The predicted octanol–water partition coefficient (Wildman–Crippen LogP) is 30.2. The second kappa shape index (κ2) is 34.1. The Balaban J connectivity index is 0.000000107. The van der Waals surface area contributed by atoms with Crippen molar-refractivity contribution in [1.29, 1.82) is 10.5 Å². The summed E-state index contributed by atoms with van der Waals surface area (Å²) in [5.74, 6) is 0. The molecule has 0 N–H and O–H groups in total. The zero-order valence-electron chi connectivity index (χ0n) is 80.2. The van der Waals surface area contributed by atoms with Gasteiger partial charge in [0.25, 0.3) is 0 Å². The molecule has 6 unspecified atom stereocenters. The standard InChI is InChI=1S/C45H28NO2PS.C44H27N2O2PS.C44H29O2PS/c1-28-21-29(27-46)23-31(22-28)30-19-20-37-44(24-30)50-43-18-10-7-15-36(43)45(37)35-14-6-9-17-41(35)49(47,32-11-3-2-4-12-32)42-26-40-34(25-38(42)45)33-13-5-8-16-39(33)48-40;1-27-21-29(22-30(26-45)46-27)28-19-20-36-43(23-28)50-42-18-10-7-15-35(42)44(36)34-14-6-9-17-40(34)49(47,31-11-3-2-4-12-31)41-25-39-33(24-37(41)44)32-13-5-8-16-38(32)48-39;1-28-19-21-29(22-20-28)30-23-24-36-43(25-30)48-42-18-10-7-15-35(42)44(36)34-14-6-9-17-40(34)47(45,31-11-3-2-4-12-31)41-27-39-33(26-37(41)44)32-13-5-8-16-38(32)46-39/h2-26H,1H3;2-25H,1H3;2-27H,1H3. The summed E-state index contributed by atoms with van der Waals surface area (Å²) in [6.45, 7) is 6.08. The van der Waals surface area contributed by atoms with Crippen LogP contribution in [0.2, 0.25) is 0 Å². The molecule has 10 heterocycles. The number of aryl methyl sites for hydroxylation is 3. The van der Waals surface area contributed by atoms with E-state index in [-0.39, 0.29) is 0 Å². The molecule has 0 fully saturated rings. The molecule has 6 aliphatic rings. The summed E-state index contributed by atoms with van der Waals surface area (Å²) >= 11 is 5.36. The van der Waals surface area contributed by atoms with E-state index in [2.05, 4.69) is 297 Å². The Morgan fingerprint density at radius 3 is 0.905 bits per heavy atom. The second-order valence-corrected chi connectivity index (χ2v) is 50.4. The van der Waals surface area contributed by atoms with Gasteiger partial charge in [0.2, 0.25) is 0 Å². The van der Waals surface area contributed by atoms with Crippen LogP contribution in [0.3, 0.4) is 0 Å². The molecular weight excluding hydrogens is 1920 g/mol. The quantitative estimate of drug-likeness (QED) is 0.146. The van der Waals surface area contributed by atoms with Crippen LogP contribution >= 0.6 is 56.7 Å². The molecule has 148 heavy (non-hydrogen) atoms. The number of nitrogens with zero attached hydrogens (tertiary/aromatic N) is 3. The fourth-order valence-corrected chi connectivity index (χ4v) is 38.0. The minimum atomic E-state index is -3.39. The van der Waals surface area contributed by atoms with Gasteiger partial charge in [-0.1, -0.05) is 381 Å². The van der Waals surface area contributed by atoms with E-state index in [9.17, 15) is 10.5 Å². The summed E-state index contributed by atoms with van der Waals surface area (Å²) in [6.07, 6.45) is 0. The summed E-state index contributed by atoms with van der Waals surface area (Å²) in [5, 5.41) is 33.1. The molecule has 30 rings (SSSR count). The molecule has 0 saturated heterocycles. The third kappa shape index (κ3) is 13.0. The molecule has 0 saturated carbocycles. The number of furan rings is 3. The van der Waals surface area contributed by atoms with E-state index in [1.54, 1.807) is 23.5 Å². The van der Waals surface area contributed by atoms with E-state index in [0.29, 0.717) is 11.3 Å². The van der Waals surface area contributed by atoms with Crippen molar-refractivity contribution >= 4 is 170 Å². The normalized spacial score (nSPS) is 18.8. The van der Waals surface area contributed by atoms with Crippen molar-refractivity contribution in [2.75, 3.05) is 0 Å². The van der Waals surface area contributed by atoms with Gasteiger partial charge in [0.05, 0.1) is 27.9 Å². The smallest absolute Gasteiger partial charge is 0.171 e. The van der Waals surface area contributed by atoms with Crippen LogP contribution < -0.4 is 47.7 Å². The molecule has 20 aromatic carbocycles. The van der Waals surface area contributed by atoms with Crippen LogP contribution in [-0.4, -0.2) is 4.98 Å². The summed E-state index contributed by atoms with van der Waals surface area (Å²) in [6, 6.07) is 162. The van der Waals surface area contributed by atoms with Crippen LogP contribution in [0.25, 0.3) is 99.2 Å². The van der Waals surface area contributed by atoms with E-state index >= 15 is 13.7 Å². The highest BCUT2D eigenvalue weighted by Gasteiger charge is 2.59. The highest BCUT2D eigenvalue weighted by molar-refractivity contribution is 8.00. The lowest BCUT2D eigenvalue weighted by Gasteiger charge is -2.47. The average Bonchev–Trinajstić information content (AvgIpc) is 0.892. The Bertz CT molecular complexity index is 9690. The molecule has 6 atom stereocenters. The highest BCUT2D eigenvalue weighted by atomic mass is 32.2. The van der Waals surface area contributed by atoms with Crippen molar-refractivity contribution in [3.63, 3.8) is 0 Å². The minimum absolute atomic E-state index is 0.398. The Hall–Kier alpha value is -16.3. The summed E-state index contributed by atoms with van der Waals surface area (Å²) < 4.78 is 68.2. The number of para-hydroxylation sites is 3. The number of hydrogen-bond acceptors (Lipinski definition) is 12. The maximum atomic E-state index is 16.2. The van der Waals surface area contributed by atoms with Crippen molar-refractivity contribution in [2.24, 2.45) is 0 Å². The molecule has 3 spiro atoms. The number of aromatic nitrogens is 1. The molecule has 6 aliphatic heterocycles. The number of fused-ring (bicyclic) bond motifs is 33. The first-order chi connectivity index (χ1) is 72.6. The number of nitriles is 2. The topological polar surface area (TPSA) is 151 Å². The van der Waals surface area contributed by atoms with Crippen molar-refractivity contribution in [3.05, 3.63) is 550 Å². The van der Waals surface area contributed by atoms with Gasteiger partial charge in [0.15, 0.2) is 21.4 Å². The monoisotopic (exact) mass is 2010 g/mol. The van der Waals surface area contributed by atoms with Crippen molar-refractivity contribution in [3.8, 4) is 45.5 Å². The van der Waals surface area contributed by atoms with Gasteiger partial charge >= 0.3 is 0 Å². The number of benzene rings is 20. The maximum absolute atomic E-state index is 16.2. The molecule has 0 amide bonds. The number of hydrogen-bond donors (Lipinski definition) is 0. The average molecular weight is 2010 g/mol. The van der Waals surface area contributed by atoms with Crippen LogP contribution in [0.4, 0.5) is 0 Å². The van der Waals surface area contributed by atoms with Crippen LogP contribution in [0.15, 0.2) is 498 Å². The number of rotatable bonds is 6. The number of pyridine rings is 1. The molecule has 0 aliphatic carbocycles. The first-order valence-electron chi connectivity index (χ1n) is 49.5. The van der Waals surface area contributed by atoms with Crippen LogP contribution in [-0.2, 0) is 29.9 Å². The van der Waals surface area contributed by atoms with E-state index in [4.69, 9.17) is 13.3 Å².